The molecule has 0 N–H and O–H groups in total. The smallest absolute Gasteiger partial charge is 0.243 e. The number of rotatable bonds is 14. The van der Waals surface area contributed by atoms with Crippen LogP contribution in [0.4, 0.5) is 0 Å². The van der Waals surface area contributed by atoms with Gasteiger partial charge in [-0.2, -0.15) is 4.31 Å². The number of hydrogen-bond donors (Lipinski definition) is 0. The van der Waals surface area contributed by atoms with Gasteiger partial charge in [-0.25, -0.2) is 8.42 Å². The Morgan fingerprint density at radius 1 is 0.895 bits per heavy atom. The summed E-state index contributed by atoms with van der Waals surface area (Å²) in [5.41, 5.74) is 0.966. The van der Waals surface area contributed by atoms with Crippen LogP contribution in [0.3, 0.4) is 0 Å². The fourth-order valence-electron chi connectivity index (χ4n) is 3.86. The molecule has 0 aromatic heterocycles. The summed E-state index contributed by atoms with van der Waals surface area (Å²) in [5, 5.41) is 0.106. The van der Waals surface area contributed by atoms with Crippen LogP contribution in [-0.2, 0) is 23.7 Å². The molecule has 220 valence electrons. The molecule has 0 aliphatic heterocycles. The summed E-state index contributed by atoms with van der Waals surface area (Å²) in [4.78, 5) is 11.3. The highest BCUT2D eigenvalue weighted by molar-refractivity contribution is 7.89. The molecule has 0 aliphatic rings. The molecule has 2 atom stereocenters. The van der Waals surface area contributed by atoms with Crippen LogP contribution in [-0.4, -0.2) is 54.3 Å². The zero-order valence-electron chi connectivity index (χ0n) is 26.3. The Morgan fingerprint density at radius 3 is 1.82 bits per heavy atom. The van der Waals surface area contributed by atoms with Crippen molar-refractivity contribution >= 4 is 32.9 Å². The summed E-state index contributed by atoms with van der Waals surface area (Å²) in [5.74, 6) is 0. The van der Waals surface area contributed by atoms with Crippen molar-refractivity contribution in [3.8, 4) is 0 Å². The van der Waals surface area contributed by atoms with E-state index in [1.807, 2.05) is 32.9 Å². The zero-order valence-corrected chi connectivity index (χ0v) is 29.2. The van der Waals surface area contributed by atoms with E-state index in [4.69, 9.17) is 8.85 Å². The fourth-order valence-corrected chi connectivity index (χ4v) is 8.11. The topological polar surface area (TPSA) is 72.9 Å². The van der Waals surface area contributed by atoms with Gasteiger partial charge in [0.25, 0.3) is 0 Å². The van der Waals surface area contributed by atoms with Crippen LogP contribution in [0.25, 0.3) is 0 Å². The highest BCUT2D eigenvalue weighted by Gasteiger charge is 2.41. The van der Waals surface area contributed by atoms with Gasteiger partial charge in [0.15, 0.2) is 16.6 Å². The molecule has 0 heterocycles. The molecule has 0 bridgehead atoms. The minimum atomic E-state index is -3.79. The second kappa shape index (κ2) is 13.2. The van der Waals surface area contributed by atoms with Crippen molar-refractivity contribution in [1.82, 2.24) is 4.31 Å². The van der Waals surface area contributed by atoms with Crippen molar-refractivity contribution < 1.29 is 22.1 Å². The van der Waals surface area contributed by atoms with Gasteiger partial charge in [0, 0.05) is 18.5 Å². The zero-order chi connectivity index (χ0) is 29.7. The molecule has 0 radical (unpaired) electrons. The van der Waals surface area contributed by atoms with E-state index in [0.29, 0.717) is 25.9 Å². The van der Waals surface area contributed by atoms with Crippen LogP contribution in [0, 0.1) is 0 Å². The number of carbonyl (C=O) groups excluding carboxylic acids is 1. The maximum atomic E-state index is 14.0. The van der Waals surface area contributed by atoms with Crippen LogP contribution >= 0.6 is 0 Å². The van der Waals surface area contributed by atoms with E-state index in [1.54, 1.807) is 16.4 Å². The lowest BCUT2D eigenvalue weighted by molar-refractivity contribution is -0.108. The highest BCUT2D eigenvalue weighted by atomic mass is 32.2. The average Bonchev–Trinajstić information content (AvgIpc) is 2.75. The van der Waals surface area contributed by atoms with Crippen molar-refractivity contribution in [3.63, 3.8) is 0 Å². The molecule has 9 heteroatoms. The molecule has 0 spiro atoms. The number of unbranched alkanes of at least 4 members (excludes halogenated alkanes) is 1. The van der Waals surface area contributed by atoms with Crippen LogP contribution < -0.4 is 0 Å². The lowest BCUT2D eigenvalue weighted by Crippen LogP contribution is -2.50. The van der Waals surface area contributed by atoms with Crippen LogP contribution in [0.1, 0.15) is 93.2 Å². The molecule has 0 amide bonds. The van der Waals surface area contributed by atoms with Gasteiger partial charge in [-0.1, -0.05) is 53.7 Å². The fraction of sp³-hybridized carbons (Fsp3) is 0.759. The van der Waals surface area contributed by atoms with E-state index in [0.717, 1.165) is 11.8 Å². The first-order valence-electron chi connectivity index (χ1n) is 14.0. The Balaban J connectivity index is 3.30. The van der Waals surface area contributed by atoms with Crippen molar-refractivity contribution in [2.75, 3.05) is 6.61 Å². The lowest BCUT2D eigenvalue weighted by Gasteiger charge is -2.40. The Morgan fingerprint density at radius 2 is 1.39 bits per heavy atom. The van der Waals surface area contributed by atoms with Gasteiger partial charge in [-0.15, -0.1) is 0 Å². The molecule has 1 rings (SSSR count). The Bertz CT molecular complexity index is 993. The van der Waals surface area contributed by atoms with Gasteiger partial charge in [0.05, 0.1) is 17.6 Å². The third-order valence-electron chi connectivity index (χ3n) is 8.37. The van der Waals surface area contributed by atoms with Gasteiger partial charge < -0.3 is 13.6 Å². The second-order valence-electron chi connectivity index (χ2n) is 13.8. The van der Waals surface area contributed by atoms with Crippen molar-refractivity contribution in [1.29, 1.82) is 0 Å². The third-order valence-corrected chi connectivity index (χ3v) is 19.6. The monoisotopic (exact) mass is 585 g/mol. The van der Waals surface area contributed by atoms with Gasteiger partial charge >= 0.3 is 0 Å². The second-order valence-corrected chi connectivity index (χ2v) is 25.2. The predicted molar refractivity (Wildman–Crippen MR) is 164 cm³/mol. The van der Waals surface area contributed by atoms with Crippen LogP contribution in [0.15, 0.2) is 29.2 Å². The number of aldehydes is 1. The quantitative estimate of drug-likeness (QED) is 0.126. The summed E-state index contributed by atoms with van der Waals surface area (Å²) < 4.78 is 42.6. The SMILES string of the molecule is CC(C)N([C@@H](CCCC=O)CO[Si](C)(C)C(C)(C)C)S(=O)(=O)c1ccc([C@H](C)O[Si](C)(C)C(C)(C)C)cc1. The van der Waals surface area contributed by atoms with Gasteiger partial charge in [-0.3, -0.25) is 0 Å². The highest BCUT2D eigenvalue weighted by Crippen LogP contribution is 2.40. The predicted octanol–water partition coefficient (Wildman–Crippen LogP) is 7.93. The summed E-state index contributed by atoms with van der Waals surface area (Å²) in [7, 11) is -7.85. The number of nitrogens with zero attached hydrogens (tertiary/aromatic N) is 1. The van der Waals surface area contributed by atoms with Crippen molar-refractivity contribution in [2.24, 2.45) is 0 Å². The molecule has 0 saturated carbocycles. The first kappa shape index (κ1) is 35.2. The van der Waals surface area contributed by atoms with E-state index in [1.165, 1.54) is 0 Å². The summed E-state index contributed by atoms with van der Waals surface area (Å²) in [6.45, 7) is 28.1. The molecular formula is C29H55NO5SSi2. The third kappa shape index (κ3) is 9.09. The molecule has 38 heavy (non-hydrogen) atoms. The van der Waals surface area contributed by atoms with E-state index in [9.17, 15) is 13.2 Å². The minimum Gasteiger partial charge on any atom is -0.415 e. The van der Waals surface area contributed by atoms with Crippen LogP contribution in [0.5, 0.6) is 0 Å². The first-order valence-corrected chi connectivity index (χ1v) is 21.2. The molecule has 0 fully saturated rings. The van der Waals surface area contributed by atoms with E-state index < -0.39 is 26.7 Å². The van der Waals surface area contributed by atoms with Crippen LogP contribution in [0.2, 0.25) is 36.3 Å². The number of hydrogen-bond acceptors (Lipinski definition) is 5. The average molecular weight is 586 g/mol. The maximum absolute atomic E-state index is 14.0. The number of carbonyl (C=O) groups is 1. The first-order chi connectivity index (χ1) is 17.1. The van der Waals surface area contributed by atoms with E-state index in [-0.39, 0.29) is 33.2 Å². The molecule has 0 aliphatic carbocycles. The molecule has 1 aromatic carbocycles. The molecule has 1 aromatic rings. The van der Waals surface area contributed by atoms with Crippen molar-refractivity contribution in [3.05, 3.63) is 29.8 Å². The van der Waals surface area contributed by atoms with Gasteiger partial charge in [0.1, 0.15) is 6.29 Å². The van der Waals surface area contributed by atoms with E-state index in [2.05, 4.69) is 67.7 Å². The maximum Gasteiger partial charge on any atom is 0.243 e. The summed E-state index contributed by atoms with van der Waals surface area (Å²) >= 11 is 0. The Kier molecular flexibility index (Phi) is 12.2. The molecular weight excluding hydrogens is 531 g/mol. The van der Waals surface area contributed by atoms with Gasteiger partial charge in [-0.05, 0) is 87.6 Å². The number of sulfonamides is 1. The Labute approximate surface area is 236 Å². The summed E-state index contributed by atoms with van der Waals surface area (Å²) in [6, 6.07) is 6.53. The van der Waals surface area contributed by atoms with E-state index >= 15 is 0 Å². The number of benzene rings is 1. The molecule has 0 unspecified atom stereocenters. The lowest BCUT2D eigenvalue weighted by atomic mass is 10.1. The largest absolute Gasteiger partial charge is 0.415 e. The normalized spacial score (nSPS) is 15.7. The Hall–Kier alpha value is -0.846. The summed E-state index contributed by atoms with van der Waals surface area (Å²) in [6.07, 6.45) is 2.37. The minimum absolute atomic E-state index is 0.0148. The van der Waals surface area contributed by atoms with Crippen molar-refractivity contribution in [2.45, 2.75) is 141 Å². The molecule has 0 saturated heterocycles. The standard InChI is InChI=1S/C29H55NO5SSi2/c1-23(2)30(26(16-14-15-21-31)22-34-37(10,11)28(4,5)6)36(32,33)27-19-17-25(18-20-27)24(3)35-38(12,13)29(7,8)9/h17-21,23-24,26H,14-16,22H2,1-13H3/t24-,26-/m0/s1. The van der Waals surface area contributed by atoms with Gasteiger partial charge in [0.2, 0.25) is 10.0 Å². The molecule has 6 nitrogen and oxygen atoms in total.